The second-order valence-corrected chi connectivity index (χ2v) is 5.87. The van der Waals surface area contributed by atoms with Crippen LogP contribution in [0.25, 0.3) is 0 Å². The number of amides is 2. The van der Waals surface area contributed by atoms with Gasteiger partial charge in [-0.15, -0.1) is 0 Å². The highest BCUT2D eigenvalue weighted by Gasteiger charge is 2.22. The van der Waals surface area contributed by atoms with Crippen LogP contribution in [0.15, 0.2) is 0 Å². The Balaban J connectivity index is 3.81. The van der Waals surface area contributed by atoms with E-state index in [1.54, 1.807) is 0 Å². The third-order valence-electron chi connectivity index (χ3n) is 3.21. The number of ether oxygens (including phenoxy) is 2. The molecule has 0 aliphatic heterocycles. The van der Waals surface area contributed by atoms with Gasteiger partial charge in [-0.3, -0.25) is 0 Å². The maximum absolute atomic E-state index is 11.6. The SMILES string of the molecule is CCN(CC)CCCNC(=O)OCC(C)(C)COC(=O)NC. The van der Waals surface area contributed by atoms with E-state index in [2.05, 4.69) is 29.4 Å². The summed E-state index contributed by atoms with van der Waals surface area (Å²) in [5, 5.41) is 5.10. The first-order valence-corrected chi connectivity index (χ1v) is 7.82. The first kappa shape index (κ1) is 20.5. The molecule has 2 amide bonds. The fraction of sp³-hybridized carbons (Fsp3) is 0.867. The van der Waals surface area contributed by atoms with Crippen molar-refractivity contribution in [1.82, 2.24) is 15.5 Å². The molecule has 2 N–H and O–H groups in total. The van der Waals surface area contributed by atoms with Crippen LogP contribution < -0.4 is 10.6 Å². The second-order valence-electron chi connectivity index (χ2n) is 5.87. The Morgan fingerprint density at radius 1 is 1.05 bits per heavy atom. The Hall–Kier alpha value is -1.50. The molecule has 0 atom stereocenters. The van der Waals surface area contributed by atoms with Crippen molar-refractivity contribution in [2.75, 3.05) is 46.4 Å². The van der Waals surface area contributed by atoms with Gasteiger partial charge < -0.3 is 25.0 Å². The third-order valence-corrected chi connectivity index (χ3v) is 3.21. The monoisotopic (exact) mass is 317 g/mol. The van der Waals surface area contributed by atoms with Crippen molar-refractivity contribution >= 4 is 12.2 Å². The Kier molecular flexibility index (Phi) is 10.4. The largest absolute Gasteiger partial charge is 0.449 e. The number of hydrogen-bond acceptors (Lipinski definition) is 5. The van der Waals surface area contributed by atoms with Gasteiger partial charge in [0.15, 0.2) is 0 Å². The van der Waals surface area contributed by atoms with Gasteiger partial charge in [0.05, 0.1) is 0 Å². The highest BCUT2D eigenvalue weighted by Crippen LogP contribution is 2.15. The molecule has 0 heterocycles. The van der Waals surface area contributed by atoms with Crippen molar-refractivity contribution < 1.29 is 19.1 Å². The normalized spacial score (nSPS) is 11.2. The molecule has 0 saturated carbocycles. The van der Waals surface area contributed by atoms with Crippen LogP contribution in [-0.4, -0.2) is 63.5 Å². The van der Waals surface area contributed by atoms with Gasteiger partial charge in [0, 0.05) is 19.0 Å². The molecule has 7 nitrogen and oxygen atoms in total. The zero-order valence-electron chi connectivity index (χ0n) is 14.5. The summed E-state index contributed by atoms with van der Waals surface area (Å²) >= 11 is 0. The lowest BCUT2D eigenvalue weighted by atomic mass is 9.96. The lowest BCUT2D eigenvalue weighted by molar-refractivity contribution is 0.0472. The van der Waals surface area contributed by atoms with Crippen LogP contribution in [0.1, 0.15) is 34.1 Å². The molecule has 0 aliphatic carbocycles. The number of nitrogens with one attached hydrogen (secondary N) is 2. The summed E-state index contributed by atoms with van der Waals surface area (Å²) < 4.78 is 10.1. The van der Waals surface area contributed by atoms with Gasteiger partial charge in [-0.1, -0.05) is 27.7 Å². The minimum absolute atomic E-state index is 0.182. The highest BCUT2D eigenvalue weighted by atomic mass is 16.6. The molecular weight excluding hydrogens is 286 g/mol. The fourth-order valence-corrected chi connectivity index (χ4v) is 1.72. The molecule has 130 valence electrons. The molecule has 0 aromatic rings. The Labute approximate surface area is 133 Å². The number of hydrogen-bond donors (Lipinski definition) is 2. The lowest BCUT2D eigenvalue weighted by Gasteiger charge is -2.23. The minimum Gasteiger partial charge on any atom is -0.449 e. The van der Waals surface area contributed by atoms with Crippen LogP contribution in [0, 0.1) is 5.41 Å². The van der Waals surface area contributed by atoms with Crippen molar-refractivity contribution in [2.45, 2.75) is 34.1 Å². The average molecular weight is 317 g/mol. The molecule has 0 spiro atoms. The summed E-state index contributed by atoms with van der Waals surface area (Å²) in [4.78, 5) is 24.9. The smallest absolute Gasteiger partial charge is 0.407 e. The summed E-state index contributed by atoms with van der Waals surface area (Å²) in [6.45, 7) is 11.9. The fourth-order valence-electron chi connectivity index (χ4n) is 1.72. The maximum atomic E-state index is 11.6. The van der Waals surface area contributed by atoms with Gasteiger partial charge in [-0.2, -0.15) is 0 Å². The van der Waals surface area contributed by atoms with Crippen LogP contribution in [-0.2, 0) is 9.47 Å². The number of carbonyl (C=O) groups excluding carboxylic acids is 2. The van der Waals surface area contributed by atoms with Gasteiger partial charge in [-0.25, -0.2) is 9.59 Å². The van der Waals surface area contributed by atoms with Crippen LogP contribution >= 0.6 is 0 Å². The number of rotatable bonds is 10. The van der Waals surface area contributed by atoms with E-state index in [1.807, 2.05) is 13.8 Å². The van der Waals surface area contributed by atoms with Crippen molar-refractivity contribution in [3.63, 3.8) is 0 Å². The van der Waals surface area contributed by atoms with Gasteiger partial charge in [0.2, 0.25) is 0 Å². The number of carbonyl (C=O) groups is 2. The Morgan fingerprint density at radius 2 is 1.59 bits per heavy atom. The molecular formula is C15H31N3O4. The van der Waals surface area contributed by atoms with Crippen molar-refractivity contribution in [1.29, 1.82) is 0 Å². The molecule has 0 aromatic carbocycles. The topological polar surface area (TPSA) is 79.9 Å². The van der Waals surface area contributed by atoms with E-state index in [-0.39, 0.29) is 13.2 Å². The van der Waals surface area contributed by atoms with E-state index < -0.39 is 17.6 Å². The third kappa shape index (κ3) is 10.3. The summed E-state index contributed by atoms with van der Waals surface area (Å²) in [7, 11) is 1.50. The minimum atomic E-state index is -0.492. The number of alkyl carbamates (subject to hydrolysis) is 2. The molecule has 0 aliphatic rings. The van der Waals surface area contributed by atoms with Gasteiger partial charge in [0.25, 0.3) is 0 Å². The quantitative estimate of drug-likeness (QED) is 0.601. The summed E-state index contributed by atoms with van der Waals surface area (Å²) in [5.74, 6) is 0. The molecule has 0 aromatic heterocycles. The predicted octanol–water partition coefficient (Wildman–Crippen LogP) is 1.83. The molecule has 0 saturated heterocycles. The molecule has 22 heavy (non-hydrogen) atoms. The van der Waals surface area contributed by atoms with Crippen LogP contribution in [0.4, 0.5) is 9.59 Å². The van der Waals surface area contributed by atoms with E-state index in [9.17, 15) is 9.59 Å². The van der Waals surface area contributed by atoms with Crippen molar-refractivity contribution in [2.24, 2.45) is 5.41 Å². The summed E-state index contributed by atoms with van der Waals surface area (Å²) in [5.41, 5.74) is -0.426. The summed E-state index contributed by atoms with van der Waals surface area (Å²) in [6, 6.07) is 0. The highest BCUT2D eigenvalue weighted by molar-refractivity contribution is 5.67. The molecule has 0 bridgehead atoms. The number of nitrogens with zero attached hydrogens (tertiary/aromatic N) is 1. The van der Waals surface area contributed by atoms with E-state index in [4.69, 9.17) is 9.47 Å². The Bertz CT molecular complexity index is 331. The van der Waals surface area contributed by atoms with E-state index >= 15 is 0 Å². The average Bonchev–Trinajstić information content (AvgIpc) is 2.51. The van der Waals surface area contributed by atoms with Crippen LogP contribution in [0.3, 0.4) is 0 Å². The van der Waals surface area contributed by atoms with Gasteiger partial charge in [-0.05, 0) is 26.1 Å². The molecule has 0 unspecified atom stereocenters. The standard InChI is InChI=1S/C15H31N3O4/c1-6-18(7-2)10-8-9-17-14(20)22-12-15(3,4)11-21-13(19)16-5/h6-12H2,1-5H3,(H,16,19)(H,17,20). The maximum Gasteiger partial charge on any atom is 0.407 e. The van der Waals surface area contributed by atoms with Crippen LogP contribution in [0.2, 0.25) is 0 Å². The second kappa shape index (κ2) is 11.1. The first-order chi connectivity index (χ1) is 10.3. The molecule has 0 rings (SSSR count). The van der Waals surface area contributed by atoms with E-state index in [0.717, 1.165) is 26.1 Å². The van der Waals surface area contributed by atoms with Gasteiger partial charge >= 0.3 is 12.2 Å². The van der Waals surface area contributed by atoms with Gasteiger partial charge in [0.1, 0.15) is 13.2 Å². The van der Waals surface area contributed by atoms with Crippen molar-refractivity contribution in [3.05, 3.63) is 0 Å². The van der Waals surface area contributed by atoms with E-state index in [0.29, 0.717) is 6.54 Å². The predicted molar refractivity (Wildman–Crippen MR) is 85.9 cm³/mol. The summed E-state index contributed by atoms with van der Waals surface area (Å²) in [6.07, 6.45) is -0.0403. The van der Waals surface area contributed by atoms with Crippen LogP contribution in [0.5, 0.6) is 0 Å². The molecule has 0 radical (unpaired) electrons. The van der Waals surface area contributed by atoms with Crippen molar-refractivity contribution in [3.8, 4) is 0 Å². The zero-order chi connectivity index (χ0) is 17.0. The zero-order valence-corrected chi connectivity index (χ0v) is 14.5. The Morgan fingerprint density at radius 3 is 2.09 bits per heavy atom. The van der Waals surface area contributed by atoms with E-state index in [1.165, 1.54) is 7.05 Å². The lowest BCUT2D eigenvalue weighted by Crippen LogP contribution is -2.34. The molecule has 0 fully saturated rings. The first-order valence-electron chi connectivity index (χ1n) is 7.82. The molecule has 7 heteroatoms.